The molecule has 0 saturated heterocycles. The molecule has 0 heterocycles. The Morgan fingerprint density at radius 3 is 1.50 bits per heavy atom. The van der Waals surface area contributed by atoms with E-state index in [1.165, 1.54) is 0 Å². The second-order valence-electron chi connectivity index (χ2n) is 3.76. The summed E-state index contributed by atoms with van der Waals surface area (Å²) >= 11 is 17.2. The van der Waals surface area contributed by atoms with E-state index in [2.05, 4.69) is 19.7 Å². The van der Waals surface area contributed by atoms with Gasteiger partial charge in [-0.3, -0.25) is 0 Å². The molecule has 0 N–H and O–H groups in total. The van der Waals surface area contributed by atoms with Crippen LogP contribution in [0, 0.1) is 0 Å². The van der Waals surface area contributed by atoms with Gasteiger partial charge in [0.2, 0.25) is 3.79 Å². The van der Waals surface area contributed by atoms with Gasteiger partial charge in [-0.1, -0.05) is 53.0 Å². The van der Waals surface area contributed by atoms with Crippen molar-refractivity contribution in [3.63, 3.8) is 0 Å². The Morgan fingerprint density at radius 1 is 1.00 bits per heavy atom. The Hall–Kier alpha value is 0.267. The van der Waals surface area contributed by atoms with Gasteiger partial charge in [-0.2, -0.15) is 0 Å². The standard InChI is InChI=1S/C11H16Cl3OSi/c1-4-7-16(8-5-2,9-6-3)10(15)11(12,13)14/h4-6,10H,1-3,7-9H2. The zero-order chi connectivity index (χ0) is 12.8. The molecule has 1 unspecified atom stereocenters. The fourth-order valence-corrected chi connectivity index (χ4v) is 7.43. The molecule has 0 aromatic rings. The van der Waals surface area contributed by atoms with Gasteiger partial charge in [0.1, 0.15) is 13.8 Å². The third kappa shape index (κ3) is 4.26. The maximum Gasteiger partial charge on any atom is 0.216 e. The van der Waals surface area contributed by atoms with E-state index in [0.717, 1.165) is 0 Å². The molecule has 5 heteroatoms. The first-order valence-corrected chi connectivity index (χ1v) is 8.72. The third-order valence-electron chi connectivity index (χ3n) is 2.51. The summed E-state index contributed by atoms with van der Waals surface area (Å²) in [5.41, 5.74) is -1.21. The van der Waals surface area contributed by atoms with Crippen LogP contribution in [0.5, 0.6) is 0 Å². The van der Waals surface area contributed by atoms with Crippen LogP contribution < -0.4 is 0 Å². The van der Waals surface area contributed by atoms with Gasteiger partial charge in [0.05, 0.1) is 0 Å². The normalized spacial score (nSPS) is 14.2. The molecule has 1 atom stereocenters. The molecule has 0 aliphatic rings. The first kappa shape index (κ1) is 16.3. The fourth-order valence-electron chi connectivity index (χ4n) is 1.78. The van der Waals surface area contributed by atoms with Gasteiger partial charge in [0, 0.05) is 0 Å². The van der Waals surface area contributed by atoms with Gasteiger partial charge in [-0.15, -0.1) is 19.7 Å². The molecule has 16 heavy (non-hydrogen) atoms. The summed E-state index contributed by atoms with van der Waals surface area (Å²) < 4.78 is -1.78. The monoisotopic (exact) mass is 297 g/mol. The lowest BCUT2D eigenvalue weighted by Gasteiger charge is -2.35. The smallest absolute Gasteiger partial charge is 0.216 e. The Labute approximate surface area is 113 Å². The average molecular weight is 299 g/mol. The SMILES string of the molecule is C=CC[Si](CC=C)(CC=C)C([O])C(Cl)(Cl)Cl. The van der Waals surface area contributed by atoms with E-state index in [1.807, 2.05) is 0 Å². The molecule has 0 fully saturated rings. The predicted molar refractivity (Wildman–Crippen MR) is 75.5 cm³/mol. The minimum Gasteiger partial charge on any atom is -0.232 e. The van der Waals surface area contributed by atoms with Crippen LogP contribution in [0.25, 0.3) is 0 Å². The summed E-state index contributed by atoms with van der Waals surface area (Å²) in [5, 5.41) is 12.3. The molecule has 0 amide bonds. The average Bonchev–Trinajstić information content (AvgIpc) is 2.16. The maximum atomic E-state index is 12.3. The fraction of sp³-hybridized carbons (Fsp3) is 0.455. The van der Waals surface area contributed by atoms with E-state index >= 15 is 0 Å². The van der Waals surface area contributed by atoms with Crippen molar-refractivity contribution in [2.75, 3.05) is 0 Å². The predicted octanol–water partition coefficient (Wildman–Crippen LogP) is 4.70. The van der Waals surface area contributed by atoms with Crippen LogP contribution in [0.4, 0.5) is 0 Å². The molecule has 0 aromatic heterocycles. The van der Waals surface area contributed by atoms with Crippen LogP contribution in [0.1, 0.15) is 0 Å². The zero-order valence-corrected chi connectivity index (χ0v) is 12.4. The van der Waals surface area contributed by atoms with E-state index in [4.69, 9.17) is 34.8 Å². The molecular formula is C11H16Cl3OSi. The van der Waals surface area contributed by atoms with Gasteiger partial charge in [0.25, 0.3) is 0 Å². The summed E-state index contributed by atoms with van der Waals surface area (Å²) in [5.74, 6) is 0. The van der Waals surface area contributed by atoms with Crippen molar-refractivity contribution in [3.8, 4) is 0 Å². The van der Waals surface area contributed by atoms with E-state index in [9.17, 15) is 5.11 Å². The molecule has 0 spiro atoms. The van der Waals surface area contributed by atoms with E-state index in [-0.39, 0.29) is 0 Å². The highest BCUT2D eigenvalue weighted by molar-refractivity contribution is 6.86. The molecule has 0 aromatic carbocycles. The third-order valence-corrected chi connectivity index (χ3v) is 8.50. The zero-order valence-electron chi connectivity index (χ0n) is 9.09. The minimum absolute atomic E-state index is 0.604. The minimum atomic E-state index is -2.34. The van der Waals surface area contributed by atoms with Gasteiger partial charge in [0.15, 0.2) is 0 Å². The Kier molecular flexibility index (Phi) is 6.99. The number of rotatable bonds is 7. The molecule has 0 aliphatic heterocycles. The van der Waals surface area contributed by atoms with Crippen LogP contribution in [-0.2, 0) is 5.11 Å². The maximum absolute atomic E-state index is 12.3. The van der Waals surface area contributed by atoms with Crippen molar-refractivity contribution in [2.45, 2.75) is 27.7 Å². The number of allylic oxidation sites excluding steroid dienone is 3. The van der Waals surface area contributed by atoms with Crippen LogP contribution in [-0.4, -0.2) is 17.6 Å². The number of hydrogen-bond donors (Lipinski definition) is 0. The molecular weight excluding hydrogens is 283 g/mol. The Morgan fingerprint density at radius 2 is 1.31 bits per heavy atom. The van der Waals surface area contributed by atoms with Crippen LogP contribution in [0.15, 0.2) is 38.0 Å². The van der Waals surface area contributed by atoms with Crippen molar-refractivity contribution in [1.82, 2.24) is 0 Å². The summed E-state index contributed by atoms with van der Waals surface area (Å²) in [7, 11) is -2.34. The van der Waals surface area contributed by atoms with Crippen molar-refractivity contribution in [1.29, 1.82) is 0 Å². The van der Waals surface area contributed by atoms with E-state index < -0.39 is 17.6 Å². The highest BCUT2D eigenvalue weighted by atomic mass is 35.6. The molecule has 0 rings (SSSR count). The van der Waals surface area contributed by atoms with Crippen molar-refractivity contribution >= 4 is 42.9 Å². The topological polar surface area (TPSA) is 19.9 Å². The summed E-state index contributed by atoms with van der Waals surface area (Å²) in [6, 6.07) is 1.81. The van der Waals surface area contributed by atoms with Crippen LogP contribution in [0.2, 0.25) is 18.1 Å². The lowest BCUT2D eigenvalue weighted by atomic mass is 10.7. The second kappa shape index (κ2) is 6.87. The molecule has 1 radical (unpaired) electrons. The quantitative estimate of drug-likeness (QED) is 0.369. The number of alkyl halides is 3. The lowest BCUT2D eigenvalue weighted by molar-refractivity contribution is 0.150. The Bertz CT molecular complexity index is 234. The second-order valence-corrected chi connectivity index (χ2v) is 10.6. The van der Waals surface area contributed by atoms with Gasteiger partial charge >= 0.3 is 0 Å². The summed E-state index contributed by atoms with van der Waals surface area (Å²) in [6.07, 6.45) is 5.17. The molecule has 0 saturated carbocycles. The van der Waals surface area contributed by atoms with E-state index in [1.54, 1.807) is 18.2 Å². The van der Waals surface area contributed by atoms with Gasteiger partial charge in [-0.05, 0) is 18.1 Å². The number of hydrogen-bond acceptors (Lipinski definition) is 0. The van der Waals surface area contributed by atoms with Crippen LogP contribution >= 0.6 is 34.8 Å². The highest BCUT2D eigenvalue weighted by Gasteiger charge is 2.49. The molecule has 91 valence electrons. The first-order chi connectivity index (χ1) is 7.34. The van der Waals surface area contributed by atoms with Gasteiger partial charge in [-0.25, -0.2) is 5.11 Å². The number of halogens is 3. The van der Waals surface area contributed by atoms with Crippen molar-refractivity contribution in [2.24, 2.45) is 0 Å². The summed E-state index contributed by atoms with van der Waals surface area (Å²) in [6.45, 7) is 11.0. The highest BCUT2D eigenvalue weighted by Crippen LogP contribution is 2.40. The van der Waals surface area contributed by atoms with E-state index in [0.29, 0.717) is 18.1 Å². The lowest BCUT2D eigenvalue weighted by Crippen LogP contribution is -2.52. The van der Waals surface area contributed by atoms with Crippen molar-refractivity contribution < 1.29 is 5.11 Å². The van der Waals surface area contributed by atoms with Gasteiger partial charge < -0.3 is 0 Å². The Balaban J connectivity index is 5.20. The summed E-state index contributed by atoms with van der Waals surface area (Å²) in [4.78, 5) is 0. The van der Waals surface area contributed by atoms with Crippen LogP contribution in [0.3, 0.4) is 0 Å². The largest absolute Gasteiger partial charge is 0.232 e. The van der Waals surface area contributed by atoms with Crippen molar-refractivity contribution in [3.05, 3.63) is 38.0 Å². The molecule has 0 aliphatic carbocycles. The molecule has 1 nitrogen and oxygen atoms in total. The molecule has 0 bridgehead atoms. The first-order valence-electron chi connectivity index (χ1n) is 4.89.